The molecule has 184 valence electrons. The van der Waals surface area contributed by atoms with Crippen molar-refractivity contribution in [3.63, 3.8) is 0 Å². The standard InChI is InChI=1S/C28H38FN3O2/c1-21-5-4-6-23(19-21)20-28(32(2)3)16-13-25(14-17-28)31-27(34)12-11-26(33)30-18-15-22-7-9-24(29)10-8-22/h4-10,19,25H,11-18,20H2,1-3H3,(H,30,33)(H,31,34). The van der Waals surface area contributed by atoms with Crippen LogP contribution < -0.4 is 10.6 Å². The fraction of sp³-hybridized carbons (Fsp3) is 0.500. The van der Waals surface area contributed by atoms with E-state index in [-0.39, 0.29) is 42.1 Å². The van der Waals surface area contributed by atoms with Gasteiger partial charge in [0, 0.05) is 31.0 Å². The van der Waals surface area contributed by atoms with E-state index in [4.69, 9.17) is 0 Å². The highest BCUT2D eigenvalue weighted by atomic mass is 19.1. The quantitative estimate of drug-likeness (QED) is 0.551. The molecule has 1 aliphatic rings. The van der Waals surface area contributed by atoms with Crippen molar-refractivity contribution in [1.82, 2.24) is 15.5 Å². The Labute approximate surface area is 203 Å². The van der Waals surface area contributed by atoms with Gasteiger partial charge in [0.2, 0.25) is 11.8 Å². The van der Waals surface area contributed by atoms with E-state index in [2.05, 4.69) is 60.8 Å². The number of benzene rings is 2. The first kappa shape index (κ1) is 25.9. The third-order valence-corrected chi connectivity index (χ3v) is 7.07. The number of likely N-dealkylation sites (N-methyl/N-ethyl adjacent to an activating group) is 1. The van der Waals surface area contributed by atoms with Gasteiger partial charge >= 0.3 is 0 Å². The van der Waals surface area contributed by atoms with Gasteiger partial charge in [0.25, 0.3) is 0 Å². The van der Waals surface area contributed by atoms with E-state index in [1.807, 2.05) is 0 Å². The Bertz CT molecular complexity index is 950. The highest BCUT2D eigenvalue weighted by Crippen LogP contribution is 2.35. The predicted molar refractivity (Wildman–Crippen MR) is 134 cm³/mol. The summed E-state index contributed by atoms with van der Waals surface area (Å²) in [5, 5.41) is 5.98. The molecule has 2 aromatic rings. The smallest absolute Gasteiger partial charge is 0.220 e. The van der Waals surface area contributed by atoms with Crippen LogP contribution in [0, 0.1) is 12.7 Å². The molecule has 6 heteroatoms. The van der Waals surface area contributed by atoms with Crippen LogP contribution in [0.1, 0.15) is 55.2 Å². The van der Waals surface area contributed by atoms with Crippen molar-refractivity contribution >= 4 is 11.8 Å². The van der Waals surface area contributed by atoms with Gasteiger partial charge in [-0.05, 0) is 82.8 Å². The average molecular weight is 468 g/mol. The fourth-order valence-electron chi connectivity index (χ4n) is 4.90. The molecule has 5 nitrogen and oxygen atoms in total. The summed E-state index contributed by atoms with van der Waals surface area (Å²) in [4.78, 5) is 26.9. The summed E-state index contributed by atoms with van der Waals surface area (Å²) in [6.45, 7) is 2.60. The number of hydrogen-bond donors (Lipinski definition) is 2. The number of carbonyl (C=O) groups is 2. The number of amides is 2. The third-order valence-electron chi connectivity index (χ3n) is 7.07. The summed E-state index contributed by atoms with van der Waals surface area (Å²) in [6.07, 6.45) is 5.97. The Balaban J connectivity index is 1.37. The summed E-state index contributed by atoms with van der Waals surface area (Å²) in [6, 6.07) is 15.1. The van der Waals surface area contributed by atoms with Crippen molar-refractivity contribution in [2.75, 3.05) is 20.6 Å². The molecular formula is C28H38FN3O2. The van der Waals surface area contributed by atoms with Crippen molar-refractivity contribution in [2.45, 2.75) is 69.9 Å². The second kappa shape index (κ2) is 12.1. The second-order valence-electron chi connectivity index (χ2n) is 9.85. The summed E-state index contributed by atoms with van der Waals surface area (Å²) in [5.41, 5.74) is 3.72. The SMILES string of the molecule is Cc1cccc(CC2(N(C)C)CCC(NC(=O)CCC(=O)NCCc3ccc(F)cc3)CC2)c1. The number of rotatable bonds is 10. The highest BCUT2D eigenvalue weighted by molar-refractivity contribution is 5.83. The zero-order valence-electron chi connectivity index (χ0n) is 20.7. The van der Waals surface area contributed by atoms with Crippen LogP contribution in [0.25, 0.3) is 0 Å². The summed E-state index contributed by atoms with van der Waals surface area (Å²) < 4.78 is 12.9. The maximum atomic E-state index is 12.9. The molecule has 0 atom stereocenters. The zero-order chi connectivity index (χ0) is 24.6. The maximum Gasteiger partial charge on any atom is 0.220 e. The lowest BCUT2D eigenvalue weighted by Gasteiger charge is -2.45. The van der Waals surface area contributed by atoms with Crippen molar-refractivity contribution in [2.24, 2.45) is 0 Å². The Kier molecular flexibility index (Phi) is 9.22. The molecular weight excluding hydrogens is 429 g/mol. The van der Waals surface area contributed by atoms with Crippen LogP contribution in [-0.4, -0.2) is 48.9 Å². The first-order valence-corrected chi connectivity index (χ1v) is 12.3. The molecule has 1 saturated carbocycles. The number of nitrogens with zero attached hydrogens (tertiary/aromatic N) is 1. The molecule has 0 unspecified atom stereocenters. The monoisotopic (exact) mass is 467 g/mol. The molecule has 2 amide bonds. The fourth-order valence-corrected chi connectivity index (χ4v) is 4.90. The molecule has 1 fully saturated rings. The van der Waals surface area contributed by atoms with Gasteiger partial charge in [-0.1, -0.05) is 42.0 Å². The molecule has 0 heterocycles. The van der Waals surface area contributed by atoms with Crippen molar-refractivity contribution < 1.29 is 14.0 Å². The molecule has 34 heavy (non-hydrogen) atoms. The first-order valence-electron chi connectivity index (χ1n) is 12.3. The zero-order valence-corrected chi connectivity index (χ0v) is 20.7. The predicted octanol–water partition coefficient (Wildman–Crippen LogP) is 4.17. The van der Waals surface area contributed by atoms with Crippen LogP contribution in [0.15, 0.2) is 48.5 Å². The molecule has 0 aromatic heterocycles. The largest absolute Gasteiger partial charge is 0.356 e. The Morgan fingerprint density at radius 1 is 1.00 bits per heavy atom. The number of halogens is 1. The number of carbonyl (C=O) groups excluding carboxylic acids is 2. The van der Waals surface area contributed by atoms with Gasteiger partial charge < -0.3 is 15.5 Å². The molecule has 0 aliphatic heterocycles. The normalized spacial score (nSPS) is 20.2. The minimum atomic E-state index is -0.268. The second-order valence-corrected chi connectivity index (χ2v) is 9.85. The lowest BCUT2D eigenvalue weighted by Crippen LogP contribution is -2.52. The van der Waals surface area contributed by atoms with Gasteiger partial charge in [-0.25, -0.2) is 4.39 Å². The average Bonchev–Trinajstić information content (AvgIpc) is 2.80. The number of hydrogen-bond acceptors (Lipinski definition) is 3. The topological polar surface area (TPSA) is 61.4 Å². The van der Waals surface area contributed by atoms with Crippen LogP contribution in [0.3, 0.4) is 0 Å². The molecule has 3 rings (SSSR count). The summed E-state index contributed by atoms with van der Waals surface area (Å²) >= 11 is 0. The van der Waals surface area contributed by atoms with Crippen LogP contribution in [0.4, 0.5) is 4.39 Å². The number of nitrogens with one attached hydrogen (secondary N) is 2. The molecule has 2 aromatic carbocycles. The van der Waals surface area contributed by atoms with E-state index in [1.165, 1.54) is 23.3 Å². The van der Waals surface area contributed by atoms with Crippen LogP contribution in [-0.2, 0) is 22.4 Å². The molecule has 1 aliphatic carbocycles. The van der Waals surface area contributed by atoms with Crippen LogP contribution in [0.2, 0.25) is 0 Å². The Hall–Kier alpha value is -2.73. The van der Waals surface area contributed by atoms with Gasteiger partial charge in [-0.3, -0.25) is 9.59 Å². The third kappa shape index (κ3) is 7.66. The van der Waals surface area contributed by atoms with E-state index in [9.17, 15) is 14.0 Å². The van der Waals surface area contributed by atoms with E-state index in [1.54, 1.807) is 12.1 Å². The molecule has 2 N–H and O–H groups in total. The van der Waals surface area contributed by atoms with Gasteiger partial charge in [0.15, 0.2) is 0 Å². The van der Waals surface area contributed by atoms with E-state index < -0.39 is 0 Å². The highest BCUT2D eigenvalue weighted by Gasteiger charge is 2.37. The Morgan fingerprint density at radius 3 is 2.32 bits per heavy atom. The van der Waals surface area contributed by atoms with Crippen LogP contribution in [0.5, 0.6) is 0 Å². The van der Waals surface area contributed by atoms with Gasteiger partial charge in [0.1, 0.15) is 5.82 Å². The minimum Gasteiger partial charge on any atom is -0.356 e. The van der Waals surface area contributed by atoms with Gasteiger partial charge in [-0.2, -0.15) is 0 Å². The van der Waals surface area contributed by atoms with E-state index >= 15 is 0 Å². The lowest BCUT2D eigenvalue weighted by atomic mass is 9.74. The summed E-state index contributed by atoms with van der Waals surface area (Å²) in [5.74, 6) is -0.462. The van der Waals surface area contributed by atoms with Gasteiger partial charge in [0.05, 0.1) is 0 Å². The number of aryl methyl sites for hydroxylation is 1. The first-order chi connectivity index (χ1) is 16.3. The van der Waals surface area contributed by atoms with Crippen LogP contribution >= 0.6 is 0 Å². The van der Waals surface area contributed by atoms with E-state index in [0.717, 1.165) is 37.7 Å². The molecule has 0 radical (unpaired) electrons. The minimum absolute atomic E-state index is 0.0604. The van der Waals surface area contributed by atoms with E-state index in [0.29, 0.717) is 13.0 Å². The van der Waals surface area contributed by atoms with Crippen molar-refractivity contribution in [3.05, 3.63) is 71.0 Å². The van der Waals surface area contributed by atoms with Gasteiger partial charge in [-0.15, -0.1) is 0 Å². The molecule has 0 spiro atoms. The molecule has 0 saturated heterocycles. The molecule has 0 bridgehead atoms. The maximum absolute atomic E-state index is 12.9. The lowest BCUT2D eigenvalue weighted by molar-refractivity contribution is -0.127. The van der Waals surface area contributed by atoms with Crippen molar-refractivity contribution in [1.29, 1.82) is 0 Å². The Morgan fingerprint density at radius 2 is 1.68 bits per heavy atom. The summed E-state index contributed by atoms with van der Waals surface area (Å²) in [7, 11) is 4.31. The van der Waals surface area contributed by atoms with Crippen molar-refractivity contribution in [3.8, 4) is 0 Å².